The molecule has 2 aromatic rings. The van der Waals surface area contributed by atoms with Crippen molar-refractivity contribution in [2.75, 3.05) is 18.0 Å². The van der Waals surface area contributed by atoms with Gasteiger partial charge in [0.25, 0.3) is 0 Å². The fourth-order valence-electron chi connectivity index (χ4n) is 2.79. The van der Waals surface area contributed by atoms with Gasteiger partial charge in [0.15, 0.2) is 5.78 Å². The molecule has 0 aromatic heterocycles. The highest BCUT2D eigenvalue weighted by molar-refractivity contribution is 7.92. The molecule has 0 unspecified atom stereocenters. The summed E-state index contributed by atoms with van der Waals surface area (Å²) in [4.78, 5) is 12.1. The Morgan fingerprint density at radius 2 is 1.92 bits per heavy atom. The number of halogens is 1. The molecule has 3 rings (SSSR count). The molecule has 0 aliphatic carbocycles. The highest BCUT2D eigenvalue weighted by Crippen LogP contribution is 2.38. The third kappa shape index (κ3) is 2.99. The highest BCUT2D eigenvalue weighted by Gasteiger charge is 2.34. The Hall–Kier alpha value is -2.05. The molecule has 1 aliphatic heterocycles. The van der Waals surface area contributed by atoms with Gasteiger partial charge in [-0.05, 0) is 23.8 Å². The Balaban J connectivity index is 2.06. The van der Waals surface area contributed by atoms with Crippen LogP contribution in [0, 0.1) is 0 Å². The molecule has 2 aromatic carbocycles. The molecule has 0 fully saturated rings. The number of carbonyl (C=O) groups is 1. The third-order valence-electron chi connectivity index (χ3n) is 3.94. The first-order valence-electron chi connectivity index (χ1n) is 7.38. The maximum atomic E-state index is 12.9. The second kappa shape index (κ2) is 6.45. The van der Waals surface area contributed by atoms with Crippen LogP contribution < -0.4 is 9.04 Å². The van der Waals surface area contributed by atoms with Crippen LogP contribution in [0.3, 0.4) is 0 Å². The van der Waals surface area contributed by atoms with Crippen LogP contribution in [-0.2, 0) is 15.8 Å². The molecule has 1 aliphatic rings. The van der Waals surface area contributed by atoms with E-state index in [9.17, 15) is 13.2 Å². The monoisotopic (exact) mass is 365 g/mol. The number of para-hydroxylation sites is 1. The van der Waals surface area contributed by atoms with Gasteiger partial charge in [0, 0.05) is 23.6 Å². The van der Waals surface area contributed by atoms with E-state index in [1.807, 2.05) is 0 Å². The van der Waals surface area contributed by atoms with E-state index in [-0.39, 0.29) is 24.5 Å². The minimum Gasteiger partial charge on any atom is -0.495 e. The molecule has 0 atom stereocenters. The van der Waals surface area contributed by atoms with Crippen molar-refractivity contribution in [1.82, 2.24) is 0 Å². The summed E-state index contributed by atoms with van der Waals surface area (Å²) < 4.78 is 32.4. The van der Waals surface area contributed by atoms with Crippen LogP contribution in [0.1, 0.15) is 22.3 Å². The van der Waals surface area contributed by atoms with E-state index in [1.54, 1.807) is 42.5 Å². The van der Waals surface area contributed by atoms with Gasteiger partial charge in [-0.3, -0.25) is 9.10 Å². The van der Waals surface area contributed by atoms with E-state index in [0.717, 1.165) is 0 Å². The average Bonchev–Trinajstić information content (AvgIpc) is 2.56. The molecule has 0 spiro atoms. The van der Waals surface area contributed by atoms with Crippen molar-refractivity contribution >= 4 is 33.1 Å². The number of sulfonamides is 1. The van der Waals surface area contributed by atoms with Gasteiger partial charge in [-0.15, -0.1) is 0 Å². The number of methoxy groups -OCH3 is 1. The highest BCUT2D eigenvalue weighted by atomic mass is 35.5. The number of carbonyl (C=O) groups excluding carboxylic acids is 1. The number of hydrogen-bond donors (Lipinski definition) is 0. The van der Waals surface area contributed by atoms with Crippen LogP contribution in [0.2, 0.25) is 5.02 Å². The van der Waals surface area contributed by atoms with Gasteiger partial charge in [-0.1, -0.05) is 35.9 Å². The SMILES string of the molecule is COc1cccc2c1N(S(=O)(=O)Cc1ccccc1Cl)CCC2=O. The number of benzene rings is 2. The summed E-state index contributed by atoms with van der Waals surface area (Å²) in [5.41, 5.74) is 1.19. The van der Waals surface area contributed by atoms with Crippen LogP contribution in [-0.4, -0.2) is 27.9 Å². The average molecular weight is 366 g/mol. The lowest BCUT2D eigenvalue weighted by Crippen LogP contribution is -2.38. The Morgan fingerprint density at radius 1 is 1.17 bits per heavy atom. The lowest BCUT2D eigenvalue weighted by Gasteiger charge is -2.31. The first-order valence-corrected chi connectivity index (χ1v) is 9.37. The molecule has 7 heteroatoms. The van der Waals surface area contributed by atoms with Crippen LogP contribution in [0.15, 0.2) is 42.5 Å². The summed E-state index contributed by atoms with van der Waals surface area (Å²) >= 11 is 6.09. The van der Waals surface area contributed by atoms with E-state index in [2.05, 4.69) is 0 Å². The zero-order valence-corrected chi connectivity index (χ0v) is 14.6. The molecular formula is C17H16ClNO4S. The molecule has 0 N–H and O–H groups in total. The third-order valence-corrected chi connectivity index (χ3v) is 6.02. The number of rotatable bonds is 4. The van der Waals surface area contributed by atoms with E-state index < -0.39 is 10.0 Å². The van der Waals surface area contributed by atoms with E-state index >= 15 is 0 Å². The Bertz CT molecular complexity index is 895. The first-order chi connectivity index (χ1) is 11.4. The van der Waals surface area contributed by atoms with Gasteiger partial charge < -0.3 is 4.74 Å². The van der Waals surface area contributed by atoms with Crippen molar-refractivity contribution in [3.8, 4) is 5.75 Å². The Morgan fingerprint density at radius 3 is 2.62 bits per heavy atom. The largest absolute Gasteiger partial charge is 0.495 e. The summed E-state index contributed by atoms with van der Waals surface area (Å²) in [6.45, 7) is 0.0962. The fraction of sp³-hybridized carbons (Fsp3) is 0.235. The van der Waals surface area contributed by atoms with Gasteiger partial charge in [-0.25, -0.2) is 8.42 Å². The molecule has 0 radical (unpaired) electrons. The molecule has 0 bridgehead atoms. The van der Waals surface area contributed by atoms with Gasteiger partial charge in [0.05, 0.1) is 12.9 Å². The van der Waals surface area contributed by atoms with Crippen molar-refractivity contribution in [2.45, 2.75) is 12.2 Å². The van der Waals surface area contributed by atoms with Crippen molar-refractivity contribution in [2.24, 2.45) is 0 Å². The fourth-order valence-corrected chi connectivity index (χ4v) is 4.71. The van der Waals surface area contributed by atoms with Crippen molar-refractivity contribution in [1.29, 1.82) is 0 Å². The van der Waals surface area contributed by atoms with Crippen molar-refractivity contribution < 1.29 is 17.9 Å². The predicted octanol–water partition coefficient (Wildman–Crippen LogP) is 3.27. The summed E-state index contributed by atoms with van der Waals surface area (Å²) in [7, 11) is -2.26. The molecule has 5 nitrogen and oxygen atoms in total. The second-order valence-corrected chi connectivity index (χ2v) is 7.75. The summed E-state index contributed by atoms with van der Waals surface area (Å²) in [6.07, 6.45) is 0.141. The first kappa shape index (κ1) is 16.8. The van der Waals surface area contributed by atoms with Gasteiger partial charge in [0.1, 0.15) is 11.4 Å². The van der Waals surface area contributed by atoms with E-state index in [4.69, 9.17) is 16.3 Å². The quantitative estimate of drug-likeness (QED) is 0.834. The van der Waals surface area contributed by atoms with Gasteiger partial charge in [-0.2, -0.15) is 0 Å². The summed E-state index contributed by atoms with van der Waals surface area (Å²) in [5.74, 6) is 0.0367. The zero-order chi connectivity index (χ0) is 17.3. The van der Waals surface area contributed by atoms with Crippen LogP contribution in [0.5, 0.6) is 5.75 Å². The number of anilines is 1. The van der Waals surface area contributed by atoms with Crippen LogP contribution in [0.4, 0.5) is 5.69 Å². The van der Waals surface area contributed by atoms with Crippen molar-refractivity contribution in [3.63, 3.8) is 0 Å². The number of Topliss-reactive ketones (excluding diaryl/α,β-unsaturated/α-hetero) is 1. The van der Waals surface area contributed by atoms with Crippen molar-refractivity contribution in [3.05, 3.63) is 58.6 Å². The van der Waals surface area contributed by atoms with Gasteiger partial charge >= 0.3 is 0 Å². The predicted molar refractivity (Wildman–Crippen MR) is 93.4 cm³/mol. The van der Waals surface area contributed by atoms with Gasteiger partial charge in [0.2, 0.25) is 10.0 Å². The standard InChI is InChI=1S/C17H16ClNO4S/c1-23-16-8-4-6-13-15(20)9-10-19(17(13)16)24(21,22)11-12-5-2-3-7-14(12)18/h2-8H,9-11H2,1H3. The lowest BCUT2D eigenvalue weighted by molar-refractivity contribution is 0.0981. The molecular weight excluding hydrogens is 350 g/mol. The minimum absolute atomic E-state index is 0.0897. The minimum atomic E-state index is -3.71. The number of fused-ring (bicyclic) bond motifs is 1. The molecule has 0 saturated heterocycles. The number of nitrogens with zero attached hydrogens (tertiary/aromatic N) is 1. The maximum absolute atomic E-state index is 12.9. The van der Waals surface area contributed by atoms with Crippen LogP contribution in [0.25, 0.3) is 0 Å². The molecule has 0 saturated carbocycles. The Kier molecular flexibility index (Phi) is 4.51. The van der Waals surface area contributed by atoms with Crippen LogP contribution >= 0.6 is 11.6 Å². The molecule has 1 heterocycles. The summed E-state index contributed by atoms with van der Waals surface area (Å²) in [6, 6.07) is 11.8. The maximum Gasteiger partial charge on any atom is 0.239 e. The molecule has 24 heavy (non-hydrogen) atoms. The molecule has 0 amide bonds. The lowest BCUT2D eigenvalue weighted by atomic mass is 10.0. The topological polar surface area (TPSA) is 63.7 Å². The number of hydrogen-bond acceptors (Lipinski definition) is 4. The number of ether oxygens (including phenoxy) is 1. The number of ketones is 1. The Labute approximate surface area is 145 Å². The van der Waals surface area contributed by atoms with E-state index in [1.165, 1.54) is 11.4 Å². The zero-order valence-electron chi connectivity index (χ0n) is 13.0. The molecule has 126 valence electrons. The normalized spacial score (nSPS) is 14.4. The second-order valence-electron chi connectivity index (χ2n) is 5.45. The van der Waals surface area contributed by atoms with E-state index in [0.29, 0.717) is 27.6 Å². The smallest absolute Gasteiger partial charge is 0.239 e. The summed E-state index contributed by atoms with van der Waals surface area (Å²) in [5, 5.41) is 0.398.